The standard InChI is InChI=1S/C30H31N3O4/c1-37-31-26-20-27(29(35)32-18-16-30(36,17-19-32)25-10-6-3-7-11-25)33(21-26)28(34)24-14-12-23(13-15-24)22-8-4-2-5-9-22/h2-15,21,27,31,36H,16-20H2,1H3. The molecule has 3 aromatic rings. The number of aliphatic hydroxyl groups is 1. The zero-order valence-corrected chi connectivity index (χ0v) is 20.8. The molecule has 7 heteroatoms. The van der Waals surface area contributed by atoms with Gasteiger partial charge in [0, 0.05) is 31.3 Å². The lowest BCUT2D eigenvalue weighted by Crippen LogP contribution is -2.52. The molecule has 2 amide bonds. The van der Waals surface area contributed by atoms with Crippen molar-refractivity contribution in [1.82, 2.24) is 15.3 Å². The number of hydrogen-bond donors (Lipinski definition) is 2. The van der Waals surface area contributed by atoms with Gasteiger partial charge in [-0.1, -0.05) is 72.8 Å². The van der Waals surface area contributed by atoms with E-state index in [-0.39, 0.29) is 11.8 Å². The lowest BCUT2D eigenvalue weighted by molar-refractivity contribution is -0.139. The Morgan fingerprint density at radius 3 is 2.11 bits per heavy atom. The van der Waals surface area contributed by atoms with Crippen LogP contribution in [-0.2, 0) is 15.2 Å². The van der Waals surface area contributed by atoms with Crippen molar-refractivity contribution < 1.29 is 19.5 Å². The molecule has 2 aliphatic rings. The summed E-state index contributed by atoms with van der Waals surface area (Å²) >= 11 is 0. The molecule has 3 aromatic carbocycles. The van der Waals surface area contributed by atoms with Gasteiger partial charge in [-0.05, 0) is 41.7 Å². The van der Waals surface area contributed by atoms with Crippen molar-refractivity contribution in [3.8, 4) is 11.1 Å². The van der Waals surface area contributed by atoms with Crippen molar-refractivity contribution in [2.75, 3.05) is 20.2 Å². The minimum absolute atomic E-state index is 0.131. The first kappa shape index (κ1) is 24.7. The fourth-order valence-corrected chi connectivity index (χ4v) is 5.15. The maximum absolute atomic E-state index is 13.6. The van der Waals surface area contributed by atoms with Crippen LogP contribution in [-0.4, -0.2) is 53.0 Å². The molecule has 5 rings (SSSR count). The molecule has 1 fully saturated rings. The molecule has 0 radical (unpaired) electrons. The molecule has 2 aliphatic heterocycles. The van der Waals surface area contributed by atoms with Crippen molar-refractivity contribution in [2.24, 2.45) is 0 Å². The van der Waals surface area contributed by atoms with E-state index < -0.39 is 11.6 Å². The van der Waals surface area contributed by atoms with Crippen LogP contribution >= 0.6 is 0 Å². The van der Waals surface area contributed by atoms with Gasteiger partial charge in [-0.15, -0.1) is 0 Å². The lowest BCUT2D eigenvalue weighted by atomic mass is 9.84. The minimum Gasteiger partial charge on any atom is -0.385 e. The first-order chi connectivity index (χ1) is 18.0. The van der Waals surface area contributed by atoms with Crippen LogP contribution in [0.25, 0.3) is 11.1 Å². The Kier molecular flexibility index (Phi) is 7.08. The van der Waals surface area contributed by atoms with E-state index in [2.05, 4.69) is 5.48 Å². The maximum Gasteiger partial charge on any atom is 0.258 e. The third-order valence-corrected chi connectivity index (χ3v) is 7.25. The predicted octanol–water partition coefficient (Wildman–Crippen LogP) is 4.07. The van der Waals surface area contributed by atoms with Crippen molar-refractivity contribution in [3.63, 3.8) is 0 Å². The second-order valence-electron chi connectivity index (χ2n) is 9.56. The second kappa shape index (κ2) is 10.6. The van der Waals surface area contributed by atoms with Crippen LogP contribution in [0.4, 0.5) is 0 Å². The molecule has 7 nitrogen and oxygen atoms in total. The Bertz CT molecular complexity index is 1270. The molecule has 0 saturated carbocycles. The van der Waals surface area contributed by atoms with Crippen molar-refractivity contribution in [1.29, 1.82) is 0 Å². The fourth-order valence-electron chi connectivity index (χ4n) is 5.15. The lowest BCUT2D eigenvalue weighted by Gasteiger charge is -2.40. The van der Waals surface area contributed by atoms with Gasteiger partial charge in [0.1, 0.15) is 6.04 Å². The van der Waals surface area contributed by atoms with Crippen LogP contribution in [0.15, 0.2) is 96.8 Å². The van der Waals surface area contributed by atoms with Crippen molar-refractivity contribution in [3.05, 3.63) is 108 Å². The van der Waals surface area contributed by atoms with E-state index in [1.807, 2.05) is 72.8 Å². The molecule has 190 valence electrons. The van der Waals surface area contributed by atoms with Crippen molar-refractivity contribution >= 4 is 11.8 Å². The second-order valence-corrected chi connectivity index (χ2v) is 9.56. The van der Waals surface area contributed by atoms with Crippen molar-refractivity contribution in [2.45, 2.75) is 30.9 Å². The summed E-state index contributed by atoms with van der Waals surface area (Å²) in [5.41, 5.74) is 5.96. The summed E-state index contributed by atoms with van der Waals surface area (Å²) in [6.45, 7) is 0.836. The number of hydrogen-bond acceptors (Lipinski definition) is 5. The van der Waals surface area contributed by atoms with Crippen LogP contribution in [0.2, 0.25) is 0 Å². The van der Waals surface area contributed by atoms with Crippen LogP contribution in [0, 0.1) is 0 Å². The van der Waals surface area contributed by atoms with E-state index in [9.17, 15) is 14.7 Å². The molecule has 0 bridgehead atoms. The Balaban J connectivity index is 1.31. The van der Waals surface area contributed by atoms with E-state index >= 15 is 0 Å². The summed E-state index contributed by atoms with van der Waals surface area (Å²) in [5.74, 6) is -0.378. The van der Waals surface area contributed by atoms with Gasteiger partial charge in [-0.3, -0.25) is 19.9 Å². The number of piperidine rings is 1. The molecule has 37 heavy (non-hydrogen) atoms. The maximum atomic E-state index is 13.6. The van der Waals surface area contributed by atoms with Gasteiger partial charge in [0.25, 0.3) is 5.91 Å². The van der Waals surface area contributed by atoms with Gasteiger partial charge in [-0.2, -0.15) is 0 Å². The summed E-state index contributed by atoms with van der Waals surface area (Å²) < 4.78 is 0. The molecule has 1 unspecified atom stereocenters. The van der Waals surface area contributed by atoms with Gasteiger partial charge in [0.05, 0.1) is 18.4 Å². The topological polar surface area (TPSA) is 82.1 Å². The van der Waals surface area contributed by atoms with Crippen LogP contribution in [0.5, 0.6) is 0 Å². The van der Waals surface area contributed by atoms with Crippen LogP contribution < -0.4 is 5.48 Å². The van der Waals surface area contributed by atoms with E-state index in [1.165, 1.54) is 12.0 Å². The molecule has 2 N–H and O–H groups in total. The van der Waals surface area contributed by atoms with E-state index in [0.29, 0.717) is 43.6 Å². The summed E-state index contributed by atoms with van der Waals surface area (Å²) in [6.07, 6.45) is 2.88. The Hall–Kier alpha value is -3.94. The van der Waals surface area contributed by atoms with E-state index in [1.54, 1.807) is 23.2 Å². The summed E-state index contributed by atoms with van der Waals surface area (Å²) in [5, 5.41) is 11.2. The number of hydroxylamine groups is 1. The van der Waals surface area contributed by atoms with Crippen LogP contribution in [0.3, 0.4) is 0 Å². The summed E-state index contributed by atoms with van der Waals surface area (Å²) in [4.78, 5) is 35.5. The molecular formula is C30H31N3O4. The Morgan fingerprint density at radius 1 is 0.892 bits per heavy atom. The normalized spacial score (nSPS) is 18.9. The number of likely N-dealkylation sites (tertiary alicyclic amines) is 1. The fraction of sp³-hybridized carbons (Fsp3) is 0.267. The largest absolute Gasteiger partial charge is 0.385 e. The van der Waals surface area contributed by atoms with Gasteiger partial charge in [0.15, 0.2) is 0 Å². The average Bonchev–Trinajstić information content (AvgIpc) is 3.38. The minimum atomic E-state index is -0.954. The third-order valence-electron chi connectivity index (χ3n) is 7.25. The van der Waals surface area contributed by atoms with E-state index in [4.69, 9.17) is 4.84 Å². The highest BCUT2D eigenvalue weighted by molar-refractivity contribution is 5.99. The zero-order valence-electron chi connectivity index (χ0n) is 20.8. The van der Waals surface area contributed by atoms with Gasteiger partial charge in [-0.25, -0.2) is 0 Å². The SMILES string of the molecule is CONC1=CN(C(=O)c2ccc(-c3ccccc3)cc2)C(C(=O)N2CCC(O)(c3ccccc3)CC2)C1. The van der Waals surface area contributed by atoms with Gasteiger partial charge >= 0.3 is 0 Å². The molecule has 1 atom stereocenters. The smallest absolute Gasteiger partial charge is 0.258 e. The number of carbonyl (C=O) groups excluding carboxylic acids is 2. The first-order valence-electron chi connectivity index (χ1n) is 12.5. The quantitative estimate of drug-likeness (QED) is 0.502. The van der Waals surface area contributed by atoms with Gasteiger partial charge < -0.3 is 14.9 Å². The average molecular weight is 498 g/mol. The number of rotatable bonds is 6. The number of nitrogens with one attached hydrogen (secondary N) is 1. The Labute approximate surface area is 216 Å². The molecule has 0 spiro atoms. The zero-order chi connectivity index (χ0) is 25.8. The summed E-state index contributed by atoms with van der Waals surface area (Å²) in [7, 11) is 1.50. The highest BCUT2D eigenvalue weighted by Crippen LogP contribution is 2.34. The molecule has 0 aliphatic carbocycles. The molecule has 0 aromatic heterocycles. The number of benzene rings is 3. The first-order valence-corrected chi connectivity index (χ1v) is 12.5. The predicted molar refractivity (Wildman–Crippen MR) is 141 cm³/mol. The molecular weight excluding hydrogens is 466 g/mol. The monoisotopic (exact) mass is 497 g/mol. The highest BCUT2D eigenvalue weighted by atomic mass is 16.6. The number of amides is 2. The highest BCUT2D eigenvalue weighted by Gasteiger charge is 2.41. The Morgan fingerprint density at radius 2 is 1.49 bits per heavy atom. The van der Waals surface area contributed by atoms with Gasteiger partial charge in [0.2, 0.25) is 5.91 Å². The van der Waals surface area contributed by atoms with E-state index in [0.717, 1.165) is 16.7 Å². The van der Waals surface area contributed by atoms with Crippen LogP contribution in [0.1, 0.15) is 35.2 Å². The third kappa shape index (κ3) is 5.14. The summed E-state index contributed by atoms with van der Waals surface area (Å²) in [6, 6.07) is 26.3. The number of nitrogens with zero attached hydrogens (tertiary/aromatic N) is 2. The molecule has 1 saturated heterocycles. The molecule has 2 heterocycles. The number of carbonyl (C=O) groups is 2.